The Hall–Kier alpha value is -2.95. The number of halogens is 1. The Balaban J connectivity index is 1.23. The highest BCUT2D eigenvalue weighted by Crippen LogP contribution is 2.43. The van der Waals surface area contributed by atoms with E-state index in [-0.39, 0.29) is 5.82 Å². The smallest absolute Gasteiger partial charge is 0.132 e. The van der Waals surface area contributed by atoms with Crippen LogP contribution in [0.1, 0.15) is 42.7 Å². The van der Waals surface area contributed by atoms with Crippen LogP contribution in [0.15, 0.2) is 55.2 Å². The number of imidazole rings is 1. The van der Waals surface area contributed by atoms with Gasteiger partial charge in [-0.2, -0.15) is 0 Å². The van der Waals surface area contributed by atoms with Crippen LogP contribution in [0.3, 0.4) is 0 Å². The van der Waals surface area contributed by atoms with Crippen LogP contribution < -0.4 is 4.90 Å². The summed E-state index contributed by atoms with van der Waals surface area (Å²) in [4.78, 5) is 11.2. The quantitative estimate of drug-likeness (QED) is 0.462. The second-order valence-corrected chi connectivity index (χ2v) is 8.81. The van der Waals surface area contributed by atoms with Gasteiger partial charge in [-0.3, -0.25) is 4.98 Å². The van der Waals surface area contributed by atoms with Crippen molar-refractivity contribution >= 4 is 22.1 Å². The van der Waals surface area contributed by atoms with Crippen LogP contribution >= 0.6 is 0 Å². The zero-order valence-electron chi connectivity index (χ0n) is 17.0. The summed E-state index contributed by atoms with van der Waals surface area (Å²) in [5.41, 5.74) is 6.15. The Labute approximate surface area is 175 Å². The minimum atomic E-state index is -0.196. The molecule has 30 heavy (non-hydrogen) atoms. The standard InChI is InChI=1S/C25H25FN4/c26-22-5-6-23(25-20(22)2-1-10-28-25)29-11-7-17(8-12-29)14-21-19(18-3-4-18)9-13-30-16-27-15-24(21)30/h1-2,5-6,9-10,13,15-18H,3-4,7-8,11-12,14H2. The van der Waals surface area contributed by atoms with E-state index in [1.54, 1.807) is 23.9 Å². The molecular weight excluding hydrogens is 375 g/mol. The fraction of sp³-hybridized carbons (Fsp3) is 0.360. The molecule has 0 bridgehead atoms. The van der Waals surface area contributed by atoms with E-state index in [0.29, 0.717) is 11.3 Å². The Morgan fingerprint density at radius 2 is 1.90 bits per heavy atom. The summed E-state index contributed by atoms with van der Waals surface area (Å²) in [5, 5.41) is 0.610. The lowest BCUT2D eigenvalue weighted by Crippen LogP contribution is -2.34. The summed E-state index contributed by atoms with van der Waals surface area (Å²) >= 11 is 0. The Morgan fingerprint density at radius 3 is 2.73 bits per heavy atom. The molecule has 6 rings (SSSR count). The molecule has 5 heteroatoms. The van der Waals surface area contributed by atoms with Crippen LogP contribution in [0.5, 0.6) is 0 Å². The molecule has 0 unspecified atom stereocenters. The number of anilines is 1. The maximum atomic E-state index is 14.2. The average Bonchev–Trinajstić information content (AvgIpc) is 3.51. The third kappa shape index (κ3) is 3.04. The van der Waals surface area contributed by atoms with Crippen molar-refractivity contribution in [3.63, 3.8) is 0 Å². The zero-order valence-corrected chi connectivity index (χ0v) is 17.0. The van der Waals surface area contributed by atoms with Gasteiger partial charge < -0.3 is 9.30 Å². The molecule has 3 aromatic heterocycles. The van der Waals surface area contributed by atoms with Gasteiger partial charge in [-0.1, -0.05) is 0 Å². The topological polar surface area (TPSA) is 33.4 Å². The Bertz CT molecular complexity index is 1220. The highest BCUT2D eigenvalue weighted by molar-refractivity contribution is 5.91. The number of rotatable bonds is 4. The van der Waals surface area contributed by atoms with E-state index in [1.807, 2.05) is 24.7 Å². The van der Waals surface area contributed by atoms with Crippen molar-refractivity contribution in [2.24, 2.45) is 5.92 Å². The van der Waals surface area contributed by atoms with E-state index in [4.69, 9.17) is 0 Å². The molecule has 0 radical (unpaired) electrons. The molecule has 1 saturated carbocycles. The van der Waals surface area contributed by atoms with Crippen molar-refractivity contribution in [3.8, 4) is 0 Å². The third-order valence-corrected chi connectivity index (χ3v) is 6.90. The van der Waals surface area contributed by atoms with Gasteiger partial charge in [-0.25, -0.2) is 9.37 Å². The first-order valence-corrected chi connectivity index (χ1v) is 11.0. The van der Waals surface area contributed by atoms with Crippen LogP contribution in [0.4, 0.5) is 10.1 Å². The van der Waals surface area contributed by atoms with Crippen LogP contribution in [0.25, 0.3) is 16.4 Å². The number of hydrogen-bond acceptors (Lipinski definition) is 3. The number of pyridine rings is 2. The summed E-state index contributed by atoms with van der Waals surface area (Å²) in [6.07, 6.45) is 13.9. The van der Waals surface area contributed by atoms with Gasteiger partial charge in [-0.05, 0) is 85.4 Å². The molecule has 1 aromatic carbocycles. The predicted molar refractivity (Wildman–Crippen MR) is 118 cm³/mol. The van der Waals surface area contributed by atoms with Gasteiger partial charge in [-0.15, -0.1) is 0 Å². The van der Waals surface area contributed by atoms with Gasteiger partial charge in [0.05, 0.1) is 29.2 Å². The summed E-state index contributed by atoms with van der Waals surface area (Å²) in [6.45, 7) is 1.98. The second kappa shape index (κ2) is 7.08. The number of benzene rings is 1. The second-order valence-electron chi connectivity index (χ2n) is 8.81. The predicted octanol–water partition coefficient (Wildman–Crippen LogP) is 5.36. The van der Waals surface area contributed by atoms with E-state index in [0.717, 1.165) is 49.5 Å². The number of fused-ring (bicyclic) bond motifs is 2. The zero-order chi connectivity index (χ0) is 20.1. The van der Waals surface area contributed by atoms with Crippen molar-refractivity contribution in [3.05, 3.63) is 72.2 Å². The van der Waals surface area contributed by atoms with E-state index in [2.05, 4.69) is 31.5 Å². The fourth-order valence-corrected chi connectivity index (χ4v) is 5.11. The summed E-state index contributed by atoms with van der Waals surface area (Å²) < 4.78 is 16.3. The number of nitrogens with zero attached hydrogens (tertiary/aromatic N) is 4. The van der Waals surface area contributed by atoms with Crippen LogP contribution in [0.2, 0.25) is 0 Å². The molecule has 0 N–H and O–H groups in total. The lowest BCUT2D eigenvalue weighted by atomic mass is 9.87. The van der Waals surface area contributed by atoms with Gasteiger partial charge in [0, 0.05) is 30.9 Å². The SMILES string of the molecule is Fc1ccc(N2CCC(Cc3c(C4CC4)ccn4cncc34)CC2)c2ncccc12. The van der Waals surface area contributed by atoms with E-state index in [1.165, 1.54) is 23.9 Å². The van der Waals surface area contributed by atoms with Crippen molar-refractivity contribution in [1.82, 2.24) is 14.4 Å². The minimum absolute atomic E-state index is 0.196. The lowest BCUT2D eigenvalue weighted by molar-refractivity contribution is 0.403. The first-order chi connectivity index (χ1) is 14.8. The maximum Gasteiger partial charge on any atom is 0.132 e. The highest BCUT2D eigenvalue weighted by Gasteiger charge is 2.29. The van der Waals surface area contributed by atoms with Crippen LogP contribution in [-0.2, 0) is 6.42 Å². The molecule has 4 nitrogen and oxygen atoms in total. The fourth-order valence-electron chi connectivity index (χ4n) is 5.11. The first kappa shape index (κ1) is 17.9. The van der Waals surface area contributed by atoms with Gasteiger partial charge in [0.15, 0.2) is 0 Å². The van der Waals surface area contributed by atoms with Gasteiger partial charge in [0.2, 0.25) is 0 Å². The average molecular weight is 401 g/mol. The first-order valence-electron chi connectivity index (χ1n) is 11.0. The number of hydrogen-bond donors (Lipinski definition) is 0. The van der Waals surface area contributed by atoms with Gasteiger partial charge in [0.1, 0.15) is 5.82 Å². The molecule has 0 spiro atoms. The largest absolute Gasteiger partial charge is 0.370 e. The molecule has 4 aromatic rings. The lowest BCUT2D eigenvalue weighted by Gasteiger charge is -2.34. The molecule has 0 atom stereocenters. The summed E-state index contributed by atoms with van der Waals surface area (Å²) in [6, 6.07) is 9.40. The van der Waals surface area contributed by atoms with Crippen LogP contribution in [0, 0.1) is 11.7 Å². The number of aromatic nitrogens is 3. The molecular formula is C25H25FN4. The molecule has 1 saturated heterocycles. The monoisotopic (exact) mass is 400 g/mol. The third-order valence-electron chi connectivity index (χ3n) is 6.90. The van der Waals surface area contributed by atoms with Gasteiger partial charge >= 0.3 is 0 Å². The highest BCUT2D eigenvalue weighted by atomic mass is 19.1. The van der Waals surface area contributed by atoms with Gasteiger partial charge in [0.25, 0.3) is 0 Å². The van der Waals surface area contributed by atoms with E-state index >= 15 is 0 Å². The molecule has 0 amide bonds. The molecule has 1 aliphatic carbocycles. The van der Waals surface area contributed by atoms with Crippen LogP contribution in [-0.4, -0.2) is 27.5 Å². The molecule has 4 heterocycles. The maximum absolute atomic E-state index is 14.2. The summed E-state index contributed by atoms with van der Waals surface area (Å²) in [5.74, 6) is 1.22. The van der Waals surface area contributed by atoms with Crippen molar-refractivity contribution < 1.29 is 4.39 Å². The minimum Gasteiger partial charge on any atom is -0.370 e. The van der Waals surface area contributed by atoms with Crippen molar-refractivity contribution in [2.45, 2.75) is 38.0 Å². The summed E-state index contributed by atoms with van der Waals surface area (Å²) in [7, 11) is 0. The molecule has 1 aliphatic heterocycles. The van der Waals surface area contributed by atoms with E-state index < -0.39 is 0 Å². The molecule has 2 fully saturated rings. The molecule has 2 aliphatic rings. The van der Waals surface area contributed by atoms with Crippen molar-refractivity contribution in [2.75, 3.05) is 18.0 Å². The Morgan fingerprint density at radius 1 is 1.03 bits per heavy atom. The normalized spacial score (nSPS) is 17.8. The number of piperidine rings is 1. The Kier molecular flexibility index (Phi) is 4.22. The molecule has 152 valence electrons. The van der Waals surface area contributed by atoms with E-state index in [9.17, 15) is 4.39 Å². The van der Waals surface area contributed by atoms with Crippen molar-refractivity contribution in [1.29, 1.82) is 0 Å².